The van der Waals surface area contributed by atoms with Crippen LogP contribution in [-0.4, -0.2) is 33.6 Å². The van der Waals surface area contributed by atoms with E-state index in [1.54, 1.807) is 4.68 Å². The number of halogens is 4. The van der Waals surface area contributed by atoms with E-state index in [4.69, 9.17) is 4.74 Å². The number of benzene rings is 1. The lowest BCUT2D eigenvalue weighted by Gasteiger charge is -2.19. The average molecular weight is 436 g/mol. The summed E-state index contributed by atoms with van der Waals surface area (Å²) in [5.74, 6) is -1.29. The molecule has 1 aliphatic rings. The summed E-state index contributed by atoms with van der Waals surface area (Å²) in [6.45, 7) is 1.11. The fourth-order valence-corrected chi connectivity index (χ4v) is 3.16. The Morgan fingerprint density at radius 3 is 2.68 bits per heavy atom. The number of aryl methyl sites for hydroxylation is 1. The number of carbonyl (C=O) groups is 1. The van der Waals surface area contributed by atoms with Crippen molar-refractivity contribution >= 4 is 5.91 Å². The van der Waals surface area contributed by atoms with Gasteiger partial charge in [0.25, 0.3) is 5.91 Å². The molecule has 1 aliphatic heterocycles. The summed E-state index contributed by atoms with van der Waals surface area (Å²) in [5, 5.41) is 6.84. The largest absolute Gasteiger partial charge is 0.573 e. The molecule has 162 valence electrons. The van der Waals surface area contributed by atoms with Gasteiger partial charge in [0.15, 0.2) is 5.69 Å². The van der Waals surface area contributed by atoms with Crippen LogP contribution in [0.1, 0.15) is 34.2 Å². The first kappa shape index (κ1) is 20.6. The fraction of sp³-hybridized carbons (Fsp3) is 0.250. The molecule has 2 aromatic heterocycles. The molecule has 1 amide bonds. The molecule has 0 aliphatic carbocycles. The number of rotatable bonds is 5. The molecule has 1 N–H and O–H groups in total. The molecule has 1 atom stereocenters. The van der Waals surface area contributed by atoms with Crippen molar-refractivity contribution in [3.8, 4) is 11.6 Å². The van der Waals surface area contributed by atoms with Gasteiger partial charge in [0.2, 0.25) is 5.88 Å². The van der Waals surface area contributed by atoms with E-state index in [2.05, 4.69) is 20.1 Å². The van der Waals surface area contributed by atoms with Crippen LogP contribution < -0.4 is 14.8 Å². The van der Waals surface area contributed by atoms with Gasteiger partial charge < -0.3 is 14.8 Å². The Labute approximate surface area is 173 Å². The van der Waals surface area contributed by atoms with Crippen molar-refractivity contribution < 1.29 is 31.8 Å². The maximum Gasteiger partial charge on any atom is 0.573 e. The summed E-state index contributed by atoms with van der Waals surface area (Å²) in [6, 6.07) is 7.69. The highest BCUT2D eigenvalue weighted by atomic mass is 19.4. The topological polar surface area (TPSA) is 78.3 Å². The summed E-state index contributed by atoms with van der Waals surface area (Å²) in [7, 11) is 0. The number of ether oxygens (including phenoxy) is 2. The van der Waals surface area contributed by atoms with Crippen LogP contribution in [-0.2, 0) is 6.54 Å². The van der Waals surface area contributed by atoms with Gasteiger partial charge >= 0.3 is 6.36 Å². The van der Waals surface area contributed by atoms with Crippen LogP contribution >= 0.6 is 0 Å². The quantitative estimate of drug-likeness (QED) is 0.619. The number of nitrogens with zero attached hydrogens (tertiary/aromatic N) is 3. The molecule has 31 heavy (non-hydrogen) atoms. The van der Waals surface area contributed by atoms with Gasteiger partial charge in [-0.3, -0.25) is 9.78 Å². The standard InChI is InChI=1S/C20H16F4N4O3/c21-14-3-1-8-25-18(14)17(12-4-6-13(7-5-12)31-20(22,23)24)26-19(29)15-11-16-28(27-15)9-2-10-30-16/h1,3-8,11,17H,2,9-10H2,(H,26,29)/t17-/m0/s1. The Bertz CT molecular complexity index is 1060. The van der Waals surface area contributed by atoms with Crippen molar-refractivity contribution in [1.29, 1.82) is 0 Å². The van der Waals surface area contributed by atoms with Gasteiger partial charge in [0.05, 0.1) is 12.6 Å². The third kappa shape index (κ3) is 4.76. The van der Waals surface area contributed by atoms with Crippen LogP contribution in [0.25, 0.3) is 0 Å². The lowest BCUT2D eigenvalue weighted by atomic mass is 10.0. The summed E-state index contributed by atoms with van der Waals surface area (Å²) in [4.78, 5) is 16.8. The first-order valence-corrected chi connectivity index (χ1v) is 9.28. The number of pyridine rings is 1. The summed E-state index contributed by atoms with van der Waals surface area (Å²) in [5.41, 5.74) is 0.275. The van der Waals surface area contributed by atoms with Crippen molar-refractivity contribution in [2.75, 3.05) is 6.61 Å². The zero-order valence-corrected chi connectivity index (χ0v) is 15.9. The first-order valence-electron chi connectivity index (χ1n) is 9.28. The molecule has 0 saturated carbocycles. The number of nitrogens with one attached hydrogen (secondary N) is 1. The number of carbonyl (C=O) groups excluding carboxylic acids is 1. The Morgan fingerprint density at radius 2 is 2.00 bits per heavy atom. The van der Waals surface area contributed by atoms with Gasteiger partial charge in [0, 0.05) is 25.2 Å². The van der Waals surface area contributed by atoms with Crippen molar-refractivity contribution in [3.63, 3.8) is 0 Å². The molecule has 0 bridgehead atoms. The minimum atomic E-state index is -4.84. The number of alkyl halides is 3. The fourth-order valence-electron chi connectivity index (χ4n) is 3.16. The Kier molecular flexibility index (Phi) is 5.49. The second-order valence-electron chi connectivity index (χ2n) is 6.69. The van der Waals surface area contributed by atoms with E-state index in [0.29, 0.717) is 24.6 Å². The maximum absolute atomic E-state index is 14.4. The van der Waals surface area contributed by atoms with Gasteiger partial charge in [-0.05, 0) is 29.8 Å². The van der Waals surface area contributed by atoms with E-state index in [1.165, 1.54) is 36.5 Å². The Morgan fingerprint density at radius 1 is 1.23 bits per heavy atom. The summed E-state index contributed by atoms with van der Waals surface area (Å²) in [6.07, 6.45) is -2.74. The first-order chi connectivity index (χ1) is 14.8. The monoisotopic (exact) mass is 436 g/mol. The van der Waals surface area contributed by atoms with Crippen LogP contribution in [0.3, 0.4) is 0 Å². The average Bonchev–Trinajstić information content (AvgIpc) is 3.17. The second-order valence-corrected chi connectivity index (χ2v) is 6.69. The van der Waals surface area contributed by atoms with Gasteiger partial charge in [-0.25, -0.2) is 9.07 Å². The van der Waals surface area contributed by atoms with Gasteiger partial charge in [-0.1, -0.05) is 12.1 Å². The van der Waals surface area contributed by atoms with Crippen LogP contribution in [0.2, 0.25) is 0 Å². The molecule has 3 aromatic rings. The molecule has 3 heterocycles. The number of hydrogen-bond acceptors (Lipinski definition) is 5. The van der Waals surface area contributed by atoms with E-state index in [-0.39, 0.29) is 11.4 Å². The lowest BCUT2D eigenvalue weighted by molar-refractivity contribution is -0.274. The normalized spacial score (nSPS) is 14.3. The maximum atomic E-state index is 14.4. The second kappa shape index (κ2) is 8.25. The van der Waals surface area contributed by atoms with E-state index in [1.807, 2.05) is 0 Å². The molecule has 0 radical (unpaired) electrons. The molecule has 0 saturated heterocycles. The van der Waals surface area contributed by atoms with Crippen molar-refractivity contribution in [2.24, 2.45) is 0 Å². The molecule has 0 fully saturated rings. The number of fused-ring (bicyclic) bond motifs is 1. The van der Waals surface area contributed by atoms with E-state index >= 15 is 0 Å². The Balaban J connectivity index is 1.63. The predicted molar refractivity (Wildman–Crippen MR) is 99.0 cm³/mol. The van der Waals surface area contributed by atoms with Crippen molar-refractivity contribution in [2.45, 2.75) is 25.4 Å². The lowest BCUT2D eigenvalue weighted by Crippen LogP contribution is -2.31. The van der Waals surface area contributed by atoms with Crippen LogP contribution in [0.5, 0.6) is 11.6 Å². The van der Waals surface area contributed by atoms with Gasteiger partial charge in [-0.2, -0.15) is 5.10 Å². The molecule has 11 heteroatoms. The van der Waals surface area contributed by atoms with Crippen molar-refractivity contribution in [1.82, 2.24) is 20.1 Å². The third-order valence-corrected chi connectivity index (χ3v) is 4.52. The molecule has 1 aromatic carbocycles. The van der Waals surface area contributed by atoms with E-state index in [9.17, 15) is 22.4 Å². The molecule has 7 nitrogen and oxygen atoms in total. The molecule has 4 rings (SSSR count). The van der Waals surface area contributed by atoms with Crippen LogP contribution in [0.4, 0.5) is 17.6 Å². The van der Waals surface area contributed by atoms with Crippen molar-refractivity contribution in [3.05, 3.63) is 71.4 Å². The van der Waals surface area contributed by atoms with Gasteiger partial charge in [-0.15, -0.1) is 13.2 Å². The van der Waals surface area contributed by atoms with Gasteiger partial charge in [0.1, 0.15) is 17.3 Å². The molecule has 0 spiro atoms. The Hall–Kier alpha value is -3.63. The molecular weight excluding hydrogens is 420 g/mol. The number of hydrogen-bond donors (Lipinski definition) is 1. The van der Waals surface area contributed by atoms with Crippen LogP contribution in [0, 0.1) is 5.82 Å². The van der Waals surface area contributed by atoms with E-state index < -0.39 is 29.9 Å². The zero-order chi connectivity index (χ0) is 22.0. The third-order valence-electron chi connectivity index (χ3n) is 4.52. The molecule has 0 unspecified atom stereocenters. The minimum absolute atomic E-state index is 0.0651. The minimum Gasteiger partial charge on any atom is -0.478 e. The van der Waals surface area contributed by atoms with Crippen LogP contribution in [0.15, 0.2) is 48.7 Å². The summed E-state index contributed by atoms with van der Waals surface area (Å²) >= 11 is 0. The number of amides is 1. The highest BCUT2D eigenvalue weighted by Gasteiger charge is 2.31. The highest BCUT2D eigenvalue weighted by molar-refractivity contribution is 5.93. The summed E-state index contributed by atoms with van der Waals surface area (Å²) < 4.78 is 62.5. The predicted octanol–water partition coefficient (Wildman–Crippen LogP) is 3.62. The highest BCUT2D eigenvalue weighted by Crippen LogP contribution is 2.28. The smallest absolute Gasteiger partial charge is 0.478 e. The molecular formula is C20H16F4N4O3. The SMILES string of the molecule is O=C(N[C@@H](c1ccc(OC(F)(F)F)cc1)c1ncccc1F)c1cc2n(n1)CCCO2. The number of aromatic nitrogens is 3. The van der Waals surface area contributed by atoms with E-state index in [0.717, 1.165) is 18.6 Å². The zero-order valence-electron chi connectivity index (χ0n) is 15.9.